The second-order valence-corrected chi connectivity index (χ2v) is 6.50. The van der Waals surface area contributed by atoms with Gasteiger partial charge in [-0.25, -0.2) is 13.1 Å². The minimum absolute atomic E-state index is 0.0587. The van der Waals surface area contributed by atoms with Crippen LogP contribution >= 0.6 is 0 Å². The van der Waals surface area contributed by atoms with E-state index < -0.39 is 22.0 Å². The molecule has 1 atom stereocenters. The molecule has 0 aliphatic heterocycles. The molecule has 0 fully saturated rings. The second kappa shape index (κ2) is 7.96. The van der Waals surface area contributed by atoms with E-state index >= 15 is 0 Å². The third kappa shape index (κ3) is 6.63. The van der Waals surface area contributed by atoms with E-state index in [-0.39, 0.29) is 12.2 Å². The molecule has 1 aromatic heterocycles. The van der Waals surface area contributed by atoms with Gasteiger partial charge in [0.1, 0.15) is 0 Å². The Morgan fingerprint density at radius 3 is 2.60 bits per heavy atom. The highest BCUT2D eigenvalue weighted by atomic mass is 32.2. The van der Waals surface area contributed by atoms with Crippen molar-refractivity contribution in [1.29, 1.82) is 0 Å². The number of hydrogen-bond acceptors (Lipinski definition) is 4. The van der Waals surface area contributed by atoms with Crippen molar-refractivity contribution in [2.75, 3.05) is 5.75 Å². The summed E-state index contributed by atoms with van der Waals surface area (Å²) in [5.41, 5.74) is 0.885. The van der Waals surface area contributed by atoms with Gasteiger partial charge in [-0.05, 0) is 30.5 Å². The number of aromatic nitrogens is 1. The molecule has 112 valence electrons. The number of sulfonamides is 1. The molecule has 7 heteroatoms. The fraction of sp³-hybridized carbons (Fsp3) is 0.538. The monoisotopic (exact) mass is 300 g/mol. The quantitative estimate of drug-likeness (QED) is 0.714. The largest absolute Gasteiger partial charge is 0.481 e. The van der Waals surface area contributed by atoms with Crippen molar-refractivity contribution in [3.63, 3.8) is 0 Å². The van der Waals surface area contributed by atoms with Crippen LogP contribution in [-0.2, 0) is 21.2 Å². The standard InChI is InChI=1S/C13H20N2O4S/c1-2-3-12(10-13(16)17)15-20(18,19)9-6-11-4-7-14-8-5-11/h4-5,7-8,12,15H,2-3,6,9-10H2,1H3,(H,16,17). The van der Waals surface area contributed by atoms with Gasteiger partial charge in [-0.2, -0.15) is 0 Å². The highest BCUT2D eigenvalue weighted by Crippen LogP contribution is 2.06. The summed E-state index contributed by atoms with van der Waals surface area (Å²) in [6.45, 7) is 1.89. The van der Waals surface area contributed by atoms with Crippen LogP contribution in [0, 0.1) is 0 Å². The van der Waals surface area contributed by atoms with Crippen molar-refractivity contribution in [2.24, 2.45) is 0 Å². The number of carbonyl (C=O) groups is 1. The number of aliphatic carboxylic acids is 1. The molecule has 1 aromatic rings. The molecule has 0 spiro atoms. The Hall–Kier alpha value is -1.47. The molecule has 0 bridgehead atoms. The predicted molar refractivity (Wildman–Crippen MR) is 75.8 cm³/mol. The number of nitrogens with one attached hydrogen (secondary N) is 1. The van der Waals surface area contributed by atoms with Gasteiger partial charge in [0.2, 0.25) is 10.0 Å². The Morgan fingerprint density at radius 2 is 2.05 bits per heavy atom. The Labute approximate surface area is 119 Å². The molecule has 0 aliphatic carbocycles. The third-order valence-corrected chi connectivity index (χ3v) is 4.25. The number of pyridine rings is 1. The Bertz CT molecular complexity index is 516. The summed E-state index contributed by atoms with van der Waals surface area (Å²) in [4.78, 5) is 14.6. The smallest absolute Gasteiger partial charge is 0.304 e. The first-order valence-electron chi connectivity index (χ1n) is 6.53. The van der Waals surface area contributed by atoms with Crippen LogP contribution < -0.4 is 4.72 Å². The van der Waals surface area contributed by atoms with Gasteiger partial charge in [0.15, 0.2) is 0 Å². The van der Waals surface area contributed by atoms with Crippen molar-refractivity contribution in [1.82, 2.24) is 9.71 Å². The molecule has 1 rings (SSSR count). The van der Waals surface area contributed by atoms with Crippen LogP contribution in [0.3, 0.4) is 0 Å². The van der Waals surface area contributed by atoms with Crippen LogP contribution in [0.2, 0.25) is 0 Å². The Balaban J connectivity index is 2.56. The van der Waals surface area contributed by atoms with Crippen molar-refractivity contribution in [3.8, 4) is 0 Å². The number of hydrogen-bond donors (Lipinski definition) is 2. The fourth-order valence-corrected chi connectivity index (χ4v) is 3.21. The van der Waals surface area contributed by atoms with Gasteiger partial charge in [-0.3, -0.25) is 9.78 Å². The summed E-state index contributed by atoms with van der Waals surface area (Å²) in [6.07, 6.45) is 4.65. The lowest BCUT2D eigenvalue weighted by Gasteiger charge is -2.16. The summed E-state index contributed by atoms with van der Waals surface area (Å²) >= 11 is 0. The number of carboxylic acids is 1. The molecule has 2 N–H and O–H groups in total. The zero-order valence-corrected chi connectivity index (χ0v) is 12.3. The molecule has 0 aliphatic rings. The topological polar surface area (TPSA) is 96.4 Å². The van der Waals surface area contributed by atoms with Crippen molar-refractivity contribution < 1.29 is 18.3 Å². The first kappa shape index (κ1) is 16.6. The van der Waals surface area contributed by atoms with Gasteiger partial charge >= 0.3 is 5.97 Å². The van der Waals surface area contributed by atoms with E-state index in [1.807, 2.05) is 6.92 Å². The molecule has 0 amide bonds. The normalized spacial score (nSPS) is 13.1. The van der Waals surface area contributed by atoms with Gasteiger partial charge in [0.25, 0.3) is 0 Å². The maximum absolute atomic E-state index is 12.0. The average Bonchev–Trinajstić information content (AvgIpc) is 2.37. The van der Waals surface area contributed by atoms with Crippen molar-refractivity contribution in [2.45, 2.75) is 38.6 Å². The van der Waals surface area contributed by atoms with Crippen molar-refractivity contribution >= 4 is 16.0 Å². The summed E-state index contributed by atoms with van der Waals surface area (Å²) in [6, 6.07) is 2.98. The summed E-state index contributed by atoms with van der Waals surface area (Å²) in [5.74, 6) is -1.06. The molecule has 6 nitrogen and oxygen atoms in total. The Kier molecular flexibility index (Phi) is 6.60. The molecule has 0 saturated heterocycles. The van der Waals surface area contributed by atoms with Gasteiger partial charge in [-0.1, -0.05) is 13.3 Å². The molecule has 0 saturated carbocycles. The number of nitrogens with zero attached hydrogens (tertiary/aromatic N) is 1. The maximum Gasteiger partial charge on any atom is 0.304 e. The van der Waals surface area contributed by atoms with Crippen LogP contribution in [0.25, 0.3) is 0 Å². The van der Waals surface area contributed by atoms with Crippen LogP contribution in [0.1, 0.15) is 31.7 Å². The number of aryl methyl sites for hydroxylation is 1. The number of carboxylic acid groups (broad SMARTS) is 1. The Morgan fingerprint density at radius 1 is 1.40 bits per heavy atom. The van der Waals surface area contributed by atoms with Gasteiger partial charge in [0, 0.05) is 18.4 Å². The van der Waals surface area contributed by atoms with Crippen LogP contribution in [0.4, 0.5) is 0 Å². The molecule has 20 heavy (non-hydrogen) atoms. The van der Waals surface area contributed by atoms with E-state index in [4.69, 9.17) is 5.11 Å². The van der Waals surface area contributed by atoms with E-state index in [1.165, 1.54) is 0 Å². The van der Waals surface area contributed by atoms with E-state index in [1.54, 1.807) is 24.5 Å². The van der Waals surface area contributed by atoms with E-state index in [0.29, 0.717) is 12.8 Å². The summed E-state index contributed by atoms with van der Waals surface area (Å²) < 4.78 is 26.4. The molecule has 0 radical (unpaired) electrons. The second-order valence-electron chi connectivity index (χ2n) is 4.63. The highest BCUT2D eigenvalue weighted by Gasteiger charge is 2.19. The first-order chi connectivity index (χ1) is 9.43. The average molecular weight is 300 g/mol. The minimum Gasteiger partial charge on any atom is -0.481 e. The van der Waals surface area contributed by atoms with Crippen molar-refractivity contribution in [3.05, 3.63) is 30.1 Å². The van der Waals surface area contributed by atoms with Crippen LogP contribution in [0.5, 0.6) is 0 Å². The molecular weight excluding hydrogens is 280 g/mol. The van der Waals surface area contributed by atoms with Gasteiger partial charge in [0.05, 0.1) is 12.2 Å². The lowest BCUT2D eigenvalue weighted by atomic mass is 10.1. The predicted octanol–water partition coefficient (Wildman–Crippen LogP) is 1.19. The minimum atomic E-state index is -3.48. The van der Waals surface area contributed by atoms with Crippen LogP contribution in [0.15, 0.2) is 24.5 Å². The SMILES string of the molecule is CCCC(CC(=O)O)NS(=O)(=O)CCc1ccncc1. The maximum atomic E-state index is 12.0. The van der Waals surface area contributed by atoms with Gasteiger partial charge < -0.3 is 5.11 Å². The van der Waals surface area contributed by atoms with E-state index in [0.717, 1.165) is 12.0 Å². The zero-order valence-electron chi connectivity index (χ0n) is 11.4. The van der Waals surface area contributed by atoms with E-state index in [2.05, 4.69) is 9.71 Å². The first-order valence-corrected chi connectivity index (χ1v) is 8.19. The van der Waals surface area contributed by atoms with E-state index in [9.17, 15) is 13.2 Å². The zero-order chi connectivity index (χ0) is 15.0. The molecule has 0 aromatic carbocycles. The molecule has 1 heterocycles. The molecular formula is C13H20N2O4S. The fourth-order valence-electron chi connectivity index (χ4n) is 1.88. The van der Waals surface area contributed by atoms with Gasteiger partial charge in [-0.15, -0.1) is 0 Å². The lowest BCUT2D eigenvalue weighted by molar-refractivity contribution is -0.137. The highest BCUT2D eigenvalue weighted by molar-refractivity contribution is 7.89. The third-order valence-electron chi connectivity index (χ3n) is 2.81. The summed E-state index contributed by atoms with van der Waals surface area (Å²) in [5, 5.41) is 8.77. The van der Waals surface area contributed by atoms with Crippen LogP contribution in [-0.4, -0.2) is 36.3 Å². The lowest BCUT2D eigenvalue weighted by Crippen LogP contribution is -2.38. The molecule has 1 unspecified atom stereocenters. The summed E-state index contributed by atoms with van der Waals surface area (Å²) in [7, 11) is -3.48. The number of rotatable bonds is 9.